The zero-order valence-electron chi connectivity index (χ0n) is 10.8. The van der Waals surface area contributed by atoms with E-state index in [1.165, 1.54) is 0 Å². The minimum absolute atomic E-state index is 0.0738. The zero-order chi connectivity index (χ0) is 14.5. The van der Waals surface area contributed by atoms with Gasteiger partial charge >= 0.3 is 6.18 Å². The summed E-state index contributed by atoms with van der Waals surface area (Å²) in [4.78, 5) is 12.3. The molecule has 0 N–H and O–H groups in total. The molecular weight excluding hydrogens is 333 g/mol. The highest BCUT2D eigenvalue weighted by atomic mass is 79.9. The molecule has 0 saturated heterocycles. The van der Waals surface area contributed by atoms with E-state index in [9.17, 15) is 18.0 Å². The molecule has 2 aliphatic carbocycles. The van der Waals surface area contributed by atoms with Crippen LogP contribution in [0.4, 0.5) is 13.2 Å². The minimum atomic E-state index is -4.24. The maximum Gasteiger partial charge on any atom is 0.392 e. The van der Waals surface area contributed by atoms with E-state index >= 15 is 0 Å². The molecule has 2 aliphatic rings. The van der Waals surface area contributed by atoms with E-state index in [0.29, 0.717) is 19.3 Å². The average Bonchev–Trinajstić information content (AvgIpc) is 2.70. The summed E-state index contributed by atoms with van der Waals surface area (Å²) in [6, 6.07) is 5.87. The molecule has 1 saturated carbocycles. The highest BCUT2D eigenvalue weighted by Gasteiger charge is 2.52. The molecular formula is C15H14BrF3O. The van der Waals surface area contributed by atoms with Gasteiger partial charge in [0.15, 0.2) is 0 Å². The van der Waals surface area contributed by atoms with E-state index in [-0.39, 0.29) is 18.6 Å². The molecule has 20 heavy (non-hydrogen) atoms. The van der Waals surface area contributed by atoms with Crippen molar-refractivity contribution in [3.63, 3.8) is 0 Å². The molecule has 1 spiro atoms. The molecule has 1 aromatic rings. The van der Waals surface area contributed by atoms with E-state index < -0.39 is 17.5 Å². The molecule has 0 bridgehead atoms. The Balaban J connectivity index is 1.82. The summed E-state index contributed by atoms with van der Waals surface area (Å²) >= 11 is 3.39. The number of fused-ring (bicyclic) bond motifs is 1. The summed E-state index contributed by atoms with van der Waals surface area (Å²) in [6.07, 6.45) is -2.98. The zero-order valence-corrected chi connectivity index (χ0v) is 12.4. The molecule has 2 atom stereocenters. The third kappa shape index (κ3) is 2.30. The Morgan fingerprint density at radius 3 is 2.55 bits per heavy atom. The number of ketones is 1. The second-order valence-electron chi connectivity index (χ2n) is 5.95. The molecule has 0 heterocycles. The number of halogens is 4. The van der Waals surface area contributed by atoms with E-state index in [1.54, 1.807) is 0 Å². The average molecular weight is 347 g/mol. The van der Waals surface area contributed by atoms with Gasteiger partial charge in [-0.25, -0.2) is 0 Å². The lowest BCUT2D eigenvalue weighted by atomic mass is 9.67. The number of Topliss-reactive ketones (excluding diaryl/α,β-unsaturated/α-hetero) is 1. The van der Waals surface area contributed by atoms with Crippen molar-refractivity contribution < 1.29 is 18.0 Å². The first kappa shape index (κ1) is 14.1. The van der Waals surface area contributed by atoms with Crippen molar-refractivity contribution in [3.05, 3.63) is 33.8 Å². The van der Waals surface area contributed by atoms with Gasteiger partial charge in [0.25, 0.3) is 0 Å². The first-order valence-corrected chi connectivity index (χ1v) is 7.47. The van der Waals surface area contributed by atoms with Crippen LogP contribution in [0.15, 0.2) is 22.7 Å². The van der Waals surface area contributed by atoms with Crippen molar-refractivity contribution in [1.82, 2.24) is 0 Å². The van der Waals surface area contributed by atoms with Gasteiger partial charge in [0.1, 0.15) is 5.78 Å². The van der Waals surface area contributed by atoms with Crippen LogP contribution in [0.1, 0.15) is 30.4 Å². The van der Waals surface area contributed by atoms with Crippen molar-refractivity contribution in [1.29, 1.82) is 0 Å². The third-order valence-corrected chi connectivity index (χ3v) is 5.18. The lowest BCUT2D eigenvalue weighted by molar-refractivity contribution is -0.189. The van der Waals surface area contributed by atoms with Gasteiger partial charge in [0.05, 0.1) is 5.92 Å². The lowest BCUT2D eigenvalue weighted by Crippen LogP contribution is -2.41. The molecule has 3 rings (SSSR count). The fourth-order valence-electron chi connectivity index (χ4n) is 3.51. The summed E-state index contributed by atoms with van der Waals surface area (Å²) in [7, 11) is 0. The fraction of sp³-hybridized carbons (Fsp3) is 0.533. The van der Waals surface area contributed by atoms with Gasteiger partial charge in [-0.3, -0.25) is 4.79 Å². The van der Waals surface area contributed by atoms with Gasteiger partial charge in [0.2, 0.25) is 0 Å². The number of hydrogen-bond acceptors (Lipinski definition) is 1. The summed E-state index contributed by atoms with van der Waals surface area (Å²) in [5.74, 6) is -1.66. The van der Waals surface area contributed by atoms with E-state index in [0.717, 1.165) is 15.6 Å². The third-order valence-electron chi connectivity index (χ3n) is 4.68. The maximum atomic E-state index is 12.7. The minimum Gasteiger partial charge on any atom is -0.299 e. The van der Waals surface area contributed by atoms with Gasteiger partial charge in [-0.2, -0.15) is 13.2 Å². The first-order chi connectivity index (χ1) is 9.30. The smallest absolute Gasteiger partial charge is 0.299 e. The summed E-state index contributed by atoms with van der Waals surface area (Å²) < 4.78 is 39.2. The quantitative estimate of drug-likeness (QED) is 0.677. The Labute approximate surface area is 123 Å². The molecule has 2 unspecified atom stereocenters. The molecule has 1 fully saturated rings. The monoisotopic (exact) mass is 346 g/mol. The van der Waals surface area contributed by atoms with Gasteiger partial charge in [-0.05, 0) is 48.9 Å². The predicted molar refractivity (Wildman–Crippen MR) is 72.4 cm³/mol. The van der Waals surface area contributed by atoms with Crippen LogP contribution < -0.4 is 0 Å². The number of benzene rings is 1. The predicted octanol–water partition coefficient (Wildman–Crippen LogP) is 4.47. The molecule has 5 heteroatoms. The largest absolute Gasteiger partial charge is 0.392 e. The number of alkyl halides is 3. The van der Waals surface area contributed by atoms with Gasteiger partial charge < -0.3 is 0 Å². The van der Waals surface area contributed by atoms with Gasteiger partial charge in [0, 0.05) is 16.3 Å². The molecule has 108 valence electrons. The number of rotatable bonds is 0. The Bertz CT molecular complexity index is 567. The van der Waals surface area contributed by atoms with Crippen LogP contribution in [-0.4, -0.2) is 12.0 Å². The van der Waals surface area contributed by atoms with Crippen LogP contribution >= 0.6 is 15.9 Å². The molecule has 0 aliphatic heterocycles. The van der Waals surface area contributed by atoms with E-state index in [2.05, 4.69) is 15.9 Å². The first-order valence-electron chi connectivity index (χ1n) is 6.67. The van der Waals surface area contributed by atoms with Crippen molar-refractivity contribution in [3.8, 4) is 0 Å². The van der Waals surface area contributed by atoms with Crippen LogP contribution in [0.3, 0.4) is 0 Å². The van der Waals surface area contributed by atoms with Crippen LogP contribution in [0, 0.1) is 11.3 Å². The standard InChI is InChI=1S/C15H14BrF3O/c16-12-2-1-9-7-14(8-10(9)5-12)4-3-11(6-13(14)20)15(17,18)19/h1-2,5,11H,3-4,6-8H2. The van der Waals surface area contributed by atoms with Gasteiger partial charge in [-0.1, -0.05) is 22.0 Å². The highest BCUT2D eigenvalue weighted by molar-refractivity contribution is 9.10. The van der Waals surface area contributed by atoms with E-state index in [1.807, 2.05) is 18.2 Å². The van der Waals surface area contributed by atoms with Crippen LogP contribution in [0.2, 0.25) is 0 Å². The normalized spacial score (nSPS) is 29.8. The number of carbonyl (C=O) groups is 1. The van der Waals surface area contributed by atoms with Crippen LogP contribution in [0.5, 0.6) is 0 Å². The number of carbonyl (C=O) groups excluding carboxylic acids is 1. The van der Waals surface area contributed by atoms with Crippen molar-refractivity contribution in [2.45, 2.75) is 38.3 Å². The molecule has 0 radical (unpaired) electrons. The van der Waals surface area contributed by atoms with Crippen molar-refractivity contribution >= 4 is 21.7 Å². The van der Waals surface area contributed by atoms with Crippen molar-refractivity contribution in [2.24, 2.45) is 11.3 Å². The van der Waals surface area contributed by atoms with Crippen molar-refractivity contribution in [2.75, 3.05) is 0 Å². The molecule has 0 amide bonds. The van der Waals surface area contributed by atoms with Crippen LogP contribution in [-0.2, 0) is 17.6 Å². The lowest BCUT2D eigenvalue weighted by Gasteiger charge is -2.36. The Hall–Kier alpha value is -0.840. The summed E-state index contributed by atoms with van der Waals surface area (Å²) in [5, 5.41) is 0. The second-order valence-corrected chi connectivity index (χ2v) is 6.87. The number of hydrogen-bond donors (Lipinski definition) is 0. The van der Waals surface area contributed by atoms with E-state index in [4.69, 9.17) is 0 Å². The fourth-order valence-corrected chi connectivity index (χ4v) is 3.92. The Kier molecular flexibility index (Phi) is 3.23. The summed E-state index contributed by atoms with van der Waals surface area (Å²) in [5.41, 5.74) is 1.62. The van der Waals surface area contributed by atoms with Gasteiger partial charge in [-0.15, -0.1) is 0 Å². The highest BCUT2D eigenvalue weighted by Crippen LogP contribution is 2.49. The Morgan fingerprint density at radius 2 is 1.90 bits per heavy atom. The molecule has 1 aromatic carbocycles. The summed E-state index contributed by atoms with van der Waals surface area (Å²) in [6.45, 7) is 0. The second kappa shape index (κ2) is 4.58. The Morgan fingerprint density at radius 1 is 1.20 bits per heavy atom. The maximum absolute atomic E-state index is 12.7. The van der Waals surface area contributed by atoms with Crippen LogP contribution in [0.25, 0.3) is 0 Å². The molecule has 1 nitrogen and oxygen atoms in total. The molecule has 0 aromatic heterocycles. The SMILES string of the molecule is O=C1CC(C(F)(F)F)CCC12Cc1ccc(Br)cc1C2. The topological polar surface area (TPSA) is 17.1 Å².